The third-order valence-electron chi connectivity index (χ3n) is 5.64. The van der Waals surface area contributed by atoms with E-state index < -0.39 is 5.92 Å². The zero-order valence-corrected chi connectivity index (χ0v) is 20.2. The molecule has 182 valence electrons. The van der Waals surface area contributed by atoms with Crippen molar-refractivity contribution in [1.29, 1.82) is 0 Å². The molecule has 1 N–H and O–H groups in total. The predicted octanol–water partition coefficient (Wildman–Crippen LogP) is 5.24. The van der Waals surface area contributed by atoms with Crippen LogP contribution in [0.3, 0.4) is 0 Å². The molecule has 0 bridgehead atoms. The van der Waals surface area contributed by atoms with Gasteiger partial charge in [-0.1, -0.05) is 19.1 Å². The van der Waals surface area contributed by atoms with Gasteiger partial charge in [-0.25, -0.2) is 13.8 Å². The van der Waals surface area contributed by atoms with E-state index in [1.165, 1.54) is 11.9 Å². The van der Waals surface area contributed by atoms with Crippen molar-refractivity contribution in [3.63, 3.8) is 0 Å². The van der Waals surface area contributed by atoms with Crippen molar-refractivity contribution in [1.82, 2.24) is 19.7 Å². The van der Waals surface area contributed by atoms with Crippen molar-refractivity contribution in [2.75, 3.05) is 26.1 Å². The fraction of sp³-hybridized carbons (Fsp3) is 0.435. The molecule has 1 fully saturated rings. The van der Waals surface area contributed by atoms with Crippen molar-refractivity contribution < 1.29 is 23.0 Å². The number of benzene rings is 1. The summed E-state index contributed by atoms with van der Waals surface area (Å²) in [7, 11) is 4.69. The number of halogens is 2. The molecule has 1 atom stereocenters. The molecular formula is C23H27F2N5O3S. The summed E-state index contributed by atoms with van der Waals surface area (Å²) in [5.74, 6) is -0.0461. The number of hydrogen-bond acceptors (Lipinski definition) is 8. The van der Waals surface area contributed by atoms with Crippen LogP contribution in [0.25, 0.3) is 17.2 Å². The second kappa shape index (κ2) is 10.0. The molecule has 1 aliphatic rings. The summed E-state index contributed by atoms with van der Waals surface area (Å²) >= 11 is 1.41. The van der Waals surface area contributed by atoms with Crippen molar-refractivity contribution >= 4 is 17.9 Å². The van der Waals surface area contributed by atoms with Gasteiger partial charge in [0, 0.05) is 24.2 Å². The summed E-state index contributed by atoms with van der Waals surface area (Å²) in [6.45, 7) is 2.00. The minimum atomic E-state index is -2.51. The van der Waals surface area contributed by atoms with Crippen molar-refractivity contribution in [2.45, 2.75) is 37.4 Å². The maximum Gasteiger partial charge on any atom is 0.248 e. The Labute approximate surface area is 201 Å². The number of ether oxygens (including phenoxy) is 3. The van der Waals surface area contributed by atoms with Gasteiger partial charge in [0.05, 0.1) is 21.3 Å². The molecule has 11 heteroatoms. The van der Waals surface area contributed by atoms with E-state index in [2.05, 4.69) is 19.9 Å². The minimum Gasteiger partial charge on any atom is -0.494 e. The molecule has 1 aliphatic carbocycles. The molecule has 0 radical (unpaired) electrons. The Morgan fingerprint density at radius 2 is 1.74 bits per heavy atom. The molecule has 0 saturated heterocycles. The Hall–Kier alpha value is -3.08. The Kier molecular flexibility index (Phi) is 7.11. The average Bonchev–Trinajstić information content (AvgIpc) is 3.24. The largest absolute Gasteiger partial charge is 0.494 e. The molecule has 0 spiro atoms. The first-order chi connectivity index (χ1) is 16.3. The number of nitrogens with zero attached hydrogens (tertiary/aromatic N) is 4. The fourth-order valence-electron chi connectivity index (χ4n) is 4.06. The lowest BCUT2D eigenvalue weighted by Gasteiger charge is -2.36. The molecule has 8 nitrogen and oxygen atoms in total. The Morgan fingerprint density at radius 1 is 1.06 bits per heavy atom. The molecule has 0 aliphatic heterocycles. The van der Waals surface area contributed by atoms with Crippen LogP contribution in [0.5, 0.6) is 17.4 Å². The standard InChI is InChI=1S/C23H27F2N5O3S/c1-14(11-15-12-23(24,25)13-15)34-29-22-28-27-21(16-7-5-10-19(26-16)33-4)30(22)20-17(31-2)8-6-9-18(20)32-3/h5-10,14-15H,11-13H2,1-4H3,(H,28,29). The summed E-state index contributed by atoms with van der Waals surface area (Å²) in [5.41, 5.74) is 1.15. The maximum atomic E-state index is 13.2. The van der Waals surface area contributed by atoms with E-state index in [1.807, 2.05) is 31.2 Å². The third kappa shape index (κ3) is 5.03. The van der Waals surface area contributed by atoms with Crippen LogP contribution in [0.1, 0.15) is 26.2 Å². The lowest BCUT2D eigenvalue weighted by Crippen LogP contribution is -2.36. The molecule has 3 aromatic rings. The number of para-hydroxylation sites is 1. The van der Waals surface area contributed by atoms with Crippen molar-refractivity contribution in [2.24, 2.45) is 5.92 Å². The second-order valence-electron chi connectivity index (χ2n) is 8.16. The Morgan fingerprint density at radius 3 is 2.35 bits per heavy atom. The minimum absolute atomic E-state index is 0.0306. The quantitative estimate of drug-likeness (QED) is 0.386. The van der Waals surface area contributed by atoms with Gasteiger partial charge in [0.2, 0.25) is 17.8 Å². The van der Waals surface area contributed by atoms with E-state index in [0.717, 1.165) is 0 Å². The van der Waals surface area contributed by atoms with Gasteiger partial charge in [-0.05, 0) is 42.5 Å². The number of hydrogen-bond donors (Lipinski definition) is 1. The first-order valence-corrected chi connectivity index (χ1v) is 11.7. The lowest BCUT2D eigenvalue weighted by atomic mass is 9.78. The maximum absolute atomic E-state index is 13.2. The van der Waals surface area contributed by atoms with E-state index in [-0.39, 0.29) is 24.0 Å². The van der Waals surface area contributed by atoms with E-state index in [1.54, 1.807) is 38.0 Å². The molecule has 0 amide bonds. The highest BCUT2D eigenvalue weighted by molar-refractivity contribution is 8.01. The van der Waals surface area contributed by atoms with E-state index in [4.69, 9.17) is 14.2 Å². The summed E-state index contributed by atoms with van der Waals surface area (Å²) in [6.07, 6.45) is 0.597. The van der Waals surface area contributed by atoms with Gasteiger partial charge in [-0.2, -0.15) is 0 Å². The highest BCUT2D eigenvalue weighted by atomic mass is 32.2. The molecule has 1 aromatic carbocycles. The molecule has 2 heterocycles. The monoisotopic (exact) mass is 491 g/mol. The second-order valence-corrected chi connectivity index (χ2v) is 9.40. The number of methoxy groups -OCH3 is 3. The predicted molar refractivity (Wildman–Crippen MR) is 127 cm³/mol. The fourth-order valence-corrected chi connectivity index (χ4v) is 4.86. The van der Waals surface area contributed by atoms with E-state index >= 15 is 0 Å². The van der Waals surface area contributed by atoms with Gasteiger partial charge >= 0.3 is 0 Å². The van der Waals surface area contributed by atoms with Crippen LogP contribution in [0.15, 0.2) is 36.4 Å². The number of nitrogens with one attached hydrogen (secondary N) is 1. The Balaban J connectivity index is 1.68. The molecule has 34 heavy (non-hydrogen) atoms. The van der Waals surface area contributed by atoms with Gasteiger partial charge in [0.1, 0.15) is 22.9 Å². The number of anilines is 1. The van der Waals surface area contributed by atoms with E-state index in [9.17, 15) is 8.78 Å². The molecule has 2 aromatic heterocycles. The van der Waals surface area contributed by atoms with Crippen LogP contribution in [-0.4, -0.2) is 52.3 Å². The molecule has 4 rings (SSSR count). The van der Waals surface area contributed by atoms with Crippen LogP contribution in [0.4, 0.5) is 14.7 Å². The number of pyridine rings is 1. The SMILES string of the molecule is COc1cccc(-c2nnc(NSC(C)CC3CC(F)(F)C3)n2-c2c(OC)cccc2OC)n1. The van der Waals surface area contributed by atoms with E-state index in [0.29, 0.717) is 47.0 Å². The summed E-state index contributed by atoms with van der Waals surface area (Å²) in [6, 6.07) is 10.8. The zero-order chi connectivity index (χ0) is 24.3. The number of aromatic nitrogens is 4. The van der Waals surface area contributed by atoms with Gasteiger partial charge in [0.15, 0.2) is 5.82 Å². The number of alkyl halides is 2. The smallest absolute Gasteiger partial charge is 0.248 e. The average molecular weight is 492 g/mol. The highest BCUT2D eigenvalue weighted by Gasteiger charge is 2.45. The van der Waals surface area contributed by atoms with Crippen molar-refractivity contribution in [3.8, 4) is 34.6 Å². The summed E-state index contributed by atoms with van der Waals surface area (Å²) in [5, 5.41) is 8.82. The summed E-state index contributed by atoms with van der Waals surface area (Å²) < 4.78 is 48.0. The Bertz CT molecular complexity index is 1110. The molecule has 1 saturated carbocycles. The van der Waals surface area contributed by atoms with Crippen LogP contribution >= 0.6 is 11.9 Å². The first-order valence-electron chi connectivity index (χ1n) is 10.8. The van der Waals surface area contributed by atoms with Gasteiger partial charge in [-0.3, -0.25) is 9.29 Å². The molecular weight excluding hydrogens is 464 g/mol. The topological polar surface area (TPSA) is 83.3 Å². The zero-order valence-electron chi connectivity index (χ0n) is 19.4. The number of rotatable bonds is 10. The van der Waals surface area contributed by atoms with Crippen LogP contribution in [0, 0.1) is 5.92 Å². The van der Waals surface area contributed by atoms with Gasteiger partial charge in [-0.15, -0.1) is 10.2 Å². The lowest BCUT2D eigenvalue weighted by molar-refractivity contribution is -0.111. The van der Waals surface area contributed by atoms with Crippen LogP contribution in [-0.2, 0) is 0 Å². The highest BCUT2D eigenvalue weighted by Crippen LogP contribution is 2.45. The summed E-state index contributed by atoms with van der Waals surface area (Å²) in [4.78, 5) is 4.51. The molecule has 1 unspecified atom stereocenters. The van der Waals surface area contributed by atoms with Crippen LogP contribution < -0.4 is 18.9 Å². The normalized spacial score (nSPS) is 15.9. The van der Waals surface area contributed by atoms with Gasteiger partial charge < -0.3 is 14.2 Å². The van der Waals surface area contributed by atoms with Crippen LogP contribution in [0.2, 0.25) is 0 Å². The van der Waals surface area contributed by atoms with Gasteiger partial charge in [0.25, 0.3) is 0 Å². The van der Waals surface area contributed by atoms with Crippen molar-refractivity contribution in [3.05, 3.63) is 36.4 Å². The first kappa shape index (κ1) is 24.1. The third-order valence-corrected chi connectivity index (χ3v) is 6.54.